The number of rotatable bonds is 5. The van der Waals surface area contributed by atoms with Gasteiger partial charge in [0.15, 0.2) is 0 Å². The van der Waals surface area contributed by atoms with Crippen molar-refractivity contribution in [1.29, 1.82) is 0 Å². The van der Waals surface area contributed by atoms with Crippen LogP contribution in [0.4, 0.5) is 0 Å². The van der Waals surface area contributed by atoms with Crippen molar-refractivity contribution >= 4 is 21.6 Å². The Balaban J connectivity index is 2.15. The summed E-state index contributed by atoms with van der Waals surface area (Å²) in [5, 5.41) is 2.49. The highest BCUT2D eigenvalue weighted by molar-refractivity contribution is 7.17. The van der Waals surface area contributed by atoms with Gasteiger partial charge in [0.05, 0.1) is 18.5 Å². The molecule has 0 aliphatic carbocycles. The molecular weight excluding hydrogens is 324 g/mol. The predicted molar refractivity (Wildman–Crippen MR) is 98.1 cm³/mol. The Hall–Kier alpha value is -2.18. The number of nitrogens with one attached hydrogen (secondary N) is 1. The molecule has 0 aliphatic rings. The van der Waals surface area contributed by atoms with Crippen LogP contribution in [-0.2, 0) is 11.3 Å². The van der Waals surface area contributed by atoms with Gasteiger partial charge in [0.25, 0.3) is 5.56 Å². The third-order valence-electron chi connectivity index (χ3n) is 4.12. The monoisotopic (exact) mass is 344 g/mol. The van der Waals surface area contributed by atoms with Gasteiger partial charge in [-0.1, -0.05) is 38.1 Å². The second-order valence-electron chi connectivity index (χ2n) is 6.01. The molecule has 0 atom stereocenters. The molecule has 3 aromatic rings. The minimum Gasteiger partial charge on any atom is -0.383 e. The predicted octanol–water partition coefficient (Wildman–Crippen LogP) is 3.19. The molecule has 0 saturated carbocycles. The van der Waals surface area contributed by atoms with Crippen molar-refractivity contribution in [2.45, 2.75) is 26.3 Å². The first kappa shape index (κ1) is 16.7. The maximum absolute atomic E-state index is 12.8. The summed E-state index contributed by atoms with van der Waals surface area (Å²) in [6.07, 6.45) is 0. The Bertz CT molecular complexity index is 965. The number of ether oxygens (including phenoxy) is 1. The number of hydrogen-bond donors (Lipinski definition) is 1. The largest absolute Gasteiger partial charge is 0.383 e. The van der Waals surface area contributed by atoms with E-state index in [0.29, 0.717) is 22.7 Å². The summed E-state index contributed by atoms with van der Waals surface area (Å²) in [4.78, 5) is 28.3. The molecule has 2 aromatic heterocycles. The van der Waals surface area contributed by atoms with Crippen molar-refractivity contribution in [2.24, 2.45) is 0 Å². The zero-order valence-electron chi connectivity index (χ0n) is 14.0. The SMILES string of the molecule is COCCn1c(=O)[nH]c2scc(-c3ccc(C(C)C)cc3)c2c1=O. The third kappa shape index (κ3) is 2.95. The minimum absolute atomic E-state index is 0.238. The zero-order chi connectivity index (χ0) is 17.3. The summed E-state index contributed by atoms with van der Waals surface area (Å²) in [5.41, 5.74) is 2.43. The molecule has 126 valence electrons. The Kier molecular flexibility index (Phi) is 4.69. The highest BCUT2D eigenvalue weighted by atomic mass is 32.1. The van der Waals surface area contributed by atoms with Gasteiger partial charge in [0, 0.05) is 18.1 Å². The number of aromatic amines is 1. The molecule has 0 fully saturated rings. The van der Waals surface area contributed by atoms with Crippen LogP contribution in [0.15, 0.2) is 39.2 Å². The Morgan fingerprint density at radius 2 is 1.92 bits per heavy atom. The topological polar surface area (TPSA) is 64.1 Å². The first-order valence-electron chi connectivity index (χ1n) is 7.86. The van der Waals surface area contributed by atoms with E-state index in [1.54, 1.807) is 7.11 Å². The molecule has 1 N–H and O–H groups in total. The average Bonchev–Trinajstić information content (AvgIpc) is 2.98. The maximum atomic E-state index is 12.8. The van der Waals surface area contributed by atoms with E-state index in [9.17, 15) is 9.59 Å². The van der Waals surface area contributed by atoms with Crippen LogP contribution in [0.25, 0.3) is 21.3 Å². The molecule has 0 aliphatic heterocycles. The normalized spacial score (nSPS) is 11.5. The lowest BCUT2D eigenvalue weighted by atomic mass is 9.99. The van der Waals surface area contributed by atoms with Crippen molar-refractivity contribution in [3.8, 4) is 11.1 Å². The molecule has 0 unspecified atom stereocenters. The van der Waals surface area contributed by atoms with E-state index in [1.807, 2.05) is 17.5 Å². The van der Waals surface area contributed by atoms with Crippen LogP contribution in [0.1, 0.15) is 25.3 Å². The van der Waals surface area contributed by atoms with Crippen LogP contribution in [0.2, 0.25) is 0 Å². The highest BCUT2D eigenvalue weighted by Crippen LogP contribution is 2.31. The molecule has 0 bridgehead atoms. The maximum Gasteiger partial charge on any atom is 0.329 e. The molecule has 3 rings (SSSR count). The van der Waals surface area contributed by atoms with Gasteiger partial charge < -0.3 is 4.74 Å². The fraction of sp³-hybridized carbons (Fsp3) is 0.333. The van der Waals surface area contributed by atoms with Gasteiger partial charge in [-0.25, -0.2) is 4.79 Å². The summed E-state index contributed by atoms with van der Waals surface area (Å²) in [5.74, 6) is 0.459. The van der Waals surface area contributed by atoms with Crippen LogP contribution in [0, 0.1) is 0 Å². The number of methoxy groups -OCH3 is 1. The zero-order valence-corrected chi connectivity index (χ0v) is 14.8. The van der Waals surface area contributed by atoms with E-state index < -0.39 is 5.69 Å². The Morgan fingerprint density at radius 3 is 2.54 bits per heavy atom. The van der Waals surface area contributed by atoms with Crippen LogP contribution in [-0.4, -0.2) is 23.3 Å². The van der Waals surface area contributed by atoms with Crippen LogP contribution >= 0.6 is 11.3 Å². The van der Waals surface area contributed by atoms with Gasteiger partial charge in [-0.2, -0.15) is 0 Å². The standard InChI is InChI=1S/C18H20N2O3S/c1-11(2)12-4-6-13(7-5-12)14-10-24-16-15(14)17(21)20(8-9-23-3)18(22)19-16/h4-7,10-11H,8-9H2,1-3H3,(H,19,22). The number of fused-ring (bicyclic) bond motifs is 1. The number of nitrogens with zero attached hydrogens (tertiary/aromatic N) is 1. The molecule has 24 heavy (non-hydrogen) atoms. The van der Waals surface area contributed by atoms with Gasteiger partial charge in [-0.05, 0) is 17.0 Å². The molecule has 0 spiro atoms. The molecule has 6 heteroatoms. The van der Waals surface area contributed by atoms with E-state index >= 15 is 0 Å². The molecule has 0 saturated heterocycles. The Morgan fingerprint density at radius 1 is 1.21 bits per heavy atom. The fourth-order valence-electron chi connectivity index (χ4n) is 2.70. The van der Waals surface area contributed by atoms with Crippen molar-refractivity contribution in [3.05, 3.63) is 56.0 Å². The quantitative estimate of drug-likeness (QED) is 0.773. The fourth-order valence-corrected chi connectivity index (χ4v) is 3.65. The minimum atomic E-state index is -0.395. The number of thiophene rings is 1. The first-order valence-corrected chi connectivity index (χ1v) is 8.74. The van der Waals surface area contributed by atoms with Crippen molar-refractivity contribution in [3.63, 3.8) is 0 Å². The lowest BCUT2D eigenvalue weighted by molar-refractivity contribution is 0.185. The highest BCUT2D eigenvalue weighted by Gasteiger charge is 2.15. The lowest BCUT2D eigenvalue weighted by Crippen LogP contribution is -2.35. The molecule has 0 amide bonds. The summed E-state index contributed by atoms with van der Waals surface area (Å²) < 4.78 is 6.19. The molecule has 1 aromatic carbocycles. The summed E-state index contributed by atoms with van der Waals surface area (Å²) >= 11 is 1.38. The molecular formula is C18H20N2O3S. The Labute approximate surface area is 143 Å². The van der Waals surface area contributed by atoms with E-state index in [-0.39, 0.29) is 12.1 Å². The summed E-state index contributed by atoms with van der Waals surface area (Å²) in [6.45, 7) is 4.85. The van der Waals surface area contributed by atoms with Gasteiger partial charge in [-0.15, -0.1) is 11.3 Å². The van der Waals surface area contributed by atoms with E-state index in [1.165, 1.54) is 21.5 Å². The average molecular weight is 344 g/mol. The number of aromatic nitrogens is 2. The lowest BCUT2D eigenvalue weighted by Gasteiger charge is -2.07. The van der Waals surface area contributed by atoms with Crippen molar-refractivity contribution in [1.82, 2.24) is 9.55 Å². The first-order chi connectivity index (χ1) is 11.5. The van der Waals surface area contributed by atoms with Crippen molar-refractivity contribution < 1.29 is 4.74 Å². The molecule has 2 heterocycles. The van der Waals surface area contributed by atoms with Crippen molar-refractivity contribution in [2.75, 3.05) is 13.7 Å². The summed E-state index contributed by atoms with van der Waals surface area (Å²) in [6, 6.07) is 8.22. The summed E-state index contributed by atoms with van der Waals surface area (Å²) in [7, 11) is 1.55. The van der Waals surface area contributed by atoms with Crippen LogP contribution in [0.5, 0.6) is 0 Å². The van der Waals surface area contributed by atoms with Gasteiger partial charge in [0.1, 0.15) is 4.83 Å². The van der Waals surface area contributed by atoms with Crippen LogP contribution in [0.3, 0.4) is 0 Å². The van der Waals surface area contributed by atoms with Gasteiger partial charge >= 0.3 is 5.69 Å². The second-order valence-corrected chi connectivity index (χ2v) is 6.89. The van der Waals surface area contributed by atoms with E-state index in [4.69, 9.17) is 4.74 Å². The smallest absolute Gasteiger partial charge is 0.329 e. The van der Waals surface area contributed by atoms with Gasteiger partial charge in [0.2, 0.25) is 0 Å². The van der Waals surface area contributed by atoms with E-state index in [0.717, 1.165) is 11.1 Å². The van der Waals surface area contributed by atoms with Crippen LogP contribution < -0.4 is 11.2 Å². The third-order valence-corrected chi connectivity index (χ3v) is 5.02. The number of H-pyrrole nitrogens is 1. The second kappa shape index (κ2) is 6.75. The van der Waals surface area contributed by atoms with Gasteiger partial charge in [-0.3, -0.25) is 14.3 Å². The molecule has 5 nitrogen and oxygen atoms in total. The number of hydrogen-bond acceptors (Lipinski definition) is 4. The van der Waals surface area contributed by atoms with E-state index in [2.05, 4.69) is 31.0 Å². The number of benzene rings is 1. The molecule has 0 radical (unpaired) electrons.